The summed E-state index contributed by atoms with van der Waals surface area (Å²) in [5.74, 6) is -0.161. The van der Waals surface area contributed by atoms with Gasteiger partial charge in [-0.2, -0.15) is 10.2 Å². The van der Waals surface area contributed by atoms with E-state index in [-0.39, 0.29) is 5.91 Å². The highest BCUT2D eigenvalue weighted by Gasteiger charge is 2.22. The van der Waals surface area contributed by atoms with Crippen molar-refractivity contribution >= 4 is 27.5 Å². The van der Waals surface area contributed by atoms with E-state index in [2.05, 4.69) is 31.1 Å². The predicted molar refractivity (Wildman–Crippen MR) is 89.1 cm³/mol. The van der Waals surface area contributed by atoms with Crippen LogP contribution in [0.4, 0.5) is 0 Å². The van der Waals surface area contributed by atoms with Crippen LogP contribution in [0.2, 0.25) is 0 Å². The van der Waals surface area contributed by atoms with Crippen molar-refractivity contribution in [3.8, 4) is 0 Å². The second kappa shape index (κ2) is 6.11. The minimum absolute atomic E-state index is 0.161. The molecule has 0 aliphatic heterocycles. The summed E-state index contributed by atoms with van der Waals surface area (Å²) in [6, 6.07) is 1.77. The average Bonchev–Trinajstić information content (AvgIpc) is 3.07. The van der Waals surface area contributed by atoms with Gasteiger partial charge in [0.05, 0.1) is 10.2 Å². The van der Waals surface area contributed by atoms with E-state index in [4.69, 9.17) is 0 Å². The van der Waals surface area contributed by atoms with Crippen LogP contribution in [0.1, 0.15) is 28.7 Å². The van der Waals surface area contributed by atoms with Gasteiger partial charge in [-0.25, -0.2) is 9.50 Å². The number of carbonyl (C=O) groups excluding carboxylic acids is 1. The number of aromatic nitrogens is 5. The maximum absolute atomic E-state index is 12.7. The minimum Gasteiger partial charge on any atom is -0.336 e. The fourth-order valence-electron chi connectivity index (χ4n) is 2.38. The number of carbonyl (C=O) groups is 1. The summed E-state index contributed by atoms with van der Waals surface area (Å²) in [7, 11) is 1.76. The number of halogens is 1. The molecule has 0 saturated carbocycles. The number of fused-ring (bicyclic) bond motifs is 1. The fraction of sp³-hybridized carbons (Fsp3) is 0.333. The quantitative estimate of drug-likeness (QED) is 0.700. The number of nitrogens with zero attached hydrogens (tertiary/aromatic N) is 6. The molecule has 0 aromatic carbocycles. The van der Waals surface area contributed by atoms with Gasteiger partial charge >= 0.3 is 0 Å². The maximum Gasteiger partial charge on any atom is 0.275 e. The summed E-state index contributed by atoms with van der Waals surface area (Å²) in [4.78, 5) is 18.6. The van der Waals surface area contributed by atoms with E-state index in [0.717, 1.165) is 17.8 Å². The third-order valence-electron chi connectivity index (χ3n) is 3.67. The van der Waals surface area contributed by atoms with Crippen LogP contribution >= 0.6 is 15.9 Å². The number of hydrogen-bond acceptors (Lipinski definition) is 4. The van der Waals surface area contributed by atoms with Crippen LogP contribution in [-0.2, 0) is 13.1 Å². The monoisotopic (exact) mass is 376 g/mol. The first-order valence-electron chi connectivity index (χ1n) is 7.28. The van der Waals surface area contributed by atoms with Gasteiger partial charge in [-0.1, -0.05) is 0 Å². The summed E-state index contributed by atoms with van der Waals surface area (Å²) in [6.45, 7) is 5.27. The van der Waals surface area contributed by atoms with Crippen molar-refractivity contribution in [1.29, 1.82) is 0 Å². The molecule has 0 fully saturated rings. The maximum atomic E-state index is 12.7. The molecule has 3 aromatic heterocycles. The van der Waals surface area contributed by atoms with Gasteiger partial charge in [0, 0.05) is 44.3 Å². The Morgan fingerprint density at radius 2 is 2.17 bits per heavy atom. The summed E-state index contributed by atoms with van der Waals surface area (Å²) in [5.41, 5.74) is 2.94. The van der Waals surface area contributed by atoms with Crippen molar-refractivity contribution in [3.05, 3.63) is 46.1 Å². The molecule has 23 heavy (non-hydrogen) atoms. The second-order valence-corrected chi connectivity index (χ2v) is 6.10. The Balaban J connectivity index is 1.86. The molecule has 7 nitrogen and oxygen atoms in total. The molecule has 8 heteroatoms. The zero-order chi connectivity index (χ0) is 16.6. The summed E-state index contributed by atoms with van der Waals surface area (Å²) in [5, 5.41) is 8.72. The van der Waals surface area contributed by atoms with Crippen LogP contribution in [0.25, 0.3) is 5.65 Å². The Labute approximate surface area is 142 Å². The Morgan fingerprint density at radius 1 is 1.39 bits per heavy atom. The first-order chi connectivity index (χ1) is 11.0. The van der Waals surface area contributed by atoms with Crippen LogP contribution < -0.4 is 0 Å². The van der Waals surface area contributed by atoms with Crippen LogP contribution in [0.3, 0.4) is 0 Å². The van der Waals surface area contributed by atoms with Crippen molar-refractivity contribution in [2.75, 3.05) is 7.05 Å². The SMILES string of the molecule is CCn1cc(CN(C)C(=O)c2nn3cccnc3c2Br)c(C)n1. The van der Waals surface area contributed by atoms with Gasteiger partial charge in [0.25, 0.3) is 5.91 Å². The Kier molecular flexibility index (Phi) is 4.16. The number of hydrogen-bond donors (Lipinski definition) is 0. The number of amides is 1. The van der Waals surface area contributed by atoms with E-state index < -0.39 is 0 Å². The van der Waals surface area contributed by atoms with Crippen molar-refractivity contribution in [2.45, 2.75) is 26.9 Å². The lowest BCUT2D eigenvalue weighted by Crippen LogP contribution is -2.27. The normalized spacial score (nSPS) is 11.1. The molecule has 0 radical (unpaired) electrons. The third-order valence-corrected chi connectivity index (χ3v) is 4.40. The average molecular weight is 377 g/mol. The van der Waals surface area contributed by atoms with Gasteiger partial charge in [-0.3, -0.25) is 9.48 Å². The molecule has 3 aromatic rings. The van der Waals surface area contributed by atoms with Crippen LogP contribution in [0.15, 0.2) is 29.1 Å². The van der Waals surface area contributed by atoms with Crippen LogP contribution in [-0.4, -0.2) is 42.2 Å². The summed E-state index contributed by atoms with van der Waals surface area (Å²) in [6.07, 6.45) is 5.40. The first-order valence-corrected chi connectivity index (χ1v) is 8.07. The molecular weight excluding hydrogens is 360 g/mol. The Hall–Kier alpha value is -2.22. The lowest BCUT2D eigenvalue weighted by atomic mass is 10.2. The smallest absolute Gasteiger partial charge is 0.275 e. The van der Waals surface area contributed by atoms with E-state index in [1.165, 1.54) is 0 Å². The van der Waals surface area contributed by atoms with E-state index in [1.807, 2.05) is 24.7 Å². The molecule has 120 valence electrons. The highest BCUT2D eigenvalue weighted by atomic mass is 79.9. The van der Waals surface area contributed by atoms with Crippen molar-refractivity contribution in [3.63, 3.8) is 0 Å². The molecular formula is C15H17BrN6O. The van der Waals surface area contributed by atoms with Gasteiger partial charge < -0.3 is 4.90 Å². The summed E-state index contributed by atoms with van der Waals surface area (Å²) < 4.78 is 4.06. The molecule has 0 atom stereocenters. The lowest BCUT2D eigenvalue weighted by Gasteiger charge is -2.15. The molecule has 0 aliphatic carbocycles. The van der Waals surface area contributed by atoms with Gasteiger partial charge in [0.2, 0.25) is 0 Å². The number of rotatable bonds is 4. The zero-order valence-corrected chi connectivity index (χ0v) is 14.8. The molecule has 1 amide bonds. The summed E-state index contributed by atoms with van der Waals surface area (Å²) >= 11 is 3.43. The van der Waals surface area contributed by atoms with Crippen molar-refractivity contribution in [2.24, 2.45) is 0 Å². The van der Waals surface area contributed by atoms with Gasteiger partial charge in [-0.15, -0.1) is 0 Å². The fourth-order valence-corrected chi connectivity index (χ4v) is 2.91. The van der Waals surface area contributed by atoms with Gasteiger partial charge in [0.15, 0.2) is 11.3 Å². The molecule has 0 bridgehead atoms. The second-order valence-electron chi connectivity index (χ2n) is 5.31. The van der Waals surface area contributed by atoms with Crippen molar-refractivity contribution < 1.29 is 4.79 Å². The molecule has 0 aliphatic rings. The third kappa shape index (κ3) is 2.86. The Bertz CT molecular complexity index is 868. The first kappa shape index (κ1) is 15.7. The molecule has 0 saturated heterocycles. The molecule has 0 unspecified atom stereocenters. The van der Waals surface area contributed by atoms with Gasteiger partial charge in [-0.05, 0) is 35.8 Å². The zero-order valence-electron chi connectivity index (χ0n) is 13.2. The lowest BCUT2D eigenvalue weighted by molar-refractivity contribution is 0.0778. The van der Waals surface area contributed by atoms with E-state index in [0.29, 0.717) is 22.4 Å². The number of aryl methyl sites for hydroxylation is 2. The van der Waals surface area contributed by atoms with Gasteiger partial charge in [0.1, 0.15) is 0 Å². The van der Waals surface area contributed by atoms with Crippen LogP contribution in [0, 0.1) is 6.92 Å². The van der Waals surface area contributed by atoms with Crippen molar-refractivity contribution in [1.82, 2.24) is 29.3 Å². The molecule has 3 rings (SSSR count). The van der Waals surface area contributed by atoms with Crippen LogP contribution in [0.5, 0.6) is 0 Å². The largest absolute Gasteiger partial charge is 0.336 e. The highest BCUT2D eigenvalue weighted by Crippen LogP contribution is 2.22. The predicted octanol–water partition coefficient (Wildman–Crippen LogP) is 2.29. The molecule has 0 spiro atoms. The topological polar surface area (TPSA) is 68.3 Å². The van der Waals surface area contributed by atoms with E-state index >= 15 is 0 Å². The standard InChI is InChI=1S/C15H17BrN6O/c1-4-21-9-11(10(2)18-21)8-20(3)15(23)13-12(16)14-17-6-5-7-22(14)19-13/h5-7,9H,4,8H2,1-3H3. The Morgan fingerprint density at radius 3 is 2.83 bits per heavy atom. The van der Waals surface area contributed by atoms with E-state index in [9.17, 15) is 4.79 Å². The van der Waals surface area contributed by atoms with E-state index in [1.54, 1.807) is 34.9 Å². The molecule has 0 N–H and O–H groups in total. The highest BCUT2D eigenvalue weighted by molar-refractivity contribution is 9.10. The minimum atomic E-state index is -0.161. The molecule has 3 heterocycles.